The van der Waals surface area contributed by atoms with Gasteiger partial charge >= 0.3 is 0 Å². The molecule has 10 nitrogen and oxygen atoms in total. The molecule has 1 aromatic heterocycles. The molecular formula is C19H21N5O5S2. The van der Waals surface area contributed by atoms with Gasteiger partial charge in [-0.2, -0.15) is 14.4 Å². The number of hydrogen-bond donors (Lipinski definition) is 1. The molecule has 2 aliphatic rings. The Hall–Kier alpha value is -2.83. The summed E-state index contributed by atoms with van der Waals surface area (Å²) >= 11 is 1.25. The van der Waals surface area contributed by atoms with Crippen molar-refractivity contribution < 1.29 is 23.1 Å². The number of nitrogens with zero attached hydrogens (tertiary/aromatic N) is 5. The van der Waals surface area contributed by atoms with Crippen LogP contribution in [0.3, 0.4) is 0 Å². The standard InChI is InChI=1S/C19H21N5O5S2/c1-22-12-14(11-20-22)31(27,28)24-7-5-23(6-8-24)19-21-18(26)17(30-19)10-13-3-4-15(25)16(9-13)29-2/h3-4,9-12,25H,5-8H2,1-2H3/b17-10-. The first kappa shape index (κ1) is 21.4. The molecule has 164 valence electrons. The zero-order valence-electron chi connectivity index (χ0n) is 16.9. The monoisotopic (exact) mass is 463 g/mol. The summed E-state index contributed by atoms with van der Waals surface area (Å²) in [6.07, 6.45) is 4.51. The number of carbonyl (C=O) groups is 1. The number of phenolic OH excluding ortho intramolecular Hbond substituents is 1. The molecule has 4 rings (SSSR count). The van der Waals surface area contributed by atoms with Crippen LogP contribution in [0.15, 0.2) is 45.4 Å². The second-order valence-corrected chi connectivity index (χ2v) is 9.93. The Kier molecular flexibility index (Phi) is 5.77. The van der Waals surface area contributed by atoms with Crippen LogP contribution in [0.5, 0.6) is 11.5 Å². The lowest BCUT2D eigenvalue weighted by Crippen LogP contribution is -2.49. The summed E-state index contributed by atoms with van der Waals surface area (Å²) in [7, 11) is -0.470. The minimum absolute atomic E-state index is 0.0195. The number of methoxy groups -OCH3 is 1. The van der Waals surface area contributed by atoms with Crippen LogP contribution in [-0.2, 0) is 21.9 Å². The van der Waals surface area contributed by atoms with Gasteiger partial charge < -0.3 is 14.7 Å². The van der Waals surface area contributed by atoms with E-state index in [0.717, 1.165) is 0 Å². The summed E-state index contributed by atoms with van der Waals surface area (Å²) in [5.41, 5.74) is 0.703. The molecule has 1 fully saturated rings. The number of aromatic hydroxyl groups is 1. The number of carbonyl (C=O) groups excluding carboxylic acids is 1. The van der Waals surface area contributed by atoms with Crippen LogP contribution in [0.1, 0.15) is 5.56 Å². The predicted molar refractivity (Wildman–Crippen MR) is 116 cm³/mol. The lowest BCUT2D eigenvalue weighted by Gasteiger charge is -2.34. The Morgan fingerprint density at radius 2 is 1.97 bits per heavy atom. The largest absolute Gasteiger partial charge is 0.504 e. The second-order valence-electron chi connectivity index (χ2n) is 6.98. The number of hydrogen-bond acceptors (Lipinski definition) is 8. The number of aliphatic imine (C=N–C) groups is 1. The molecule has 2 aliphatic heterocycles. The van der Waals surface area contributed by atoms with Gasteiger partial charge in [0.1, 0.15) is 4.90 Å². The molecule has 0 unspecified atom stereocenters. The molecule has 1 saturated heterocycles. The molecule has 1 amide bonds. The molecular weight excluding hydrogens is 442 g/mol. The van der Waals surface area contributed by atoms with Gasteiger partial charge in [-0.1, -0.05) is 6.07 Å². The van der Waals surface area contributed by atoms with Crippen molar-refractivity contribution in [2.45, 2.75) is 4.90 Å². The molecule has 0 aliphatic carbocycles. The van der Waals surface area contributed by atoms with E-state index in [1.165, 1.54) is 46.3 Å². The number of amides is 1. The molecule has 12 heteroatoms. The van der Waals surface area contributed by atoms with E-state index in [-0.39, 0.29) is 16.6 Å². The van der Waals surface area contributed by atoms with E-state index in [2.05, 4.69) is 10.1 Å². The van der Waals surface area contributed by atoms with Crippen molar-refractivity contribution in [1.82, 2.24) is 19.0 Å². The summed E-state index contributed by atoms with van der Waals surface area (Å²) in [6.45, 7) is 1.44. The number of rotatable bonds is 4. The lowest BCUT2D eigenvalue weighted by atomic mass is 10.2. The molecule has 0 bridgehead atoms. The first-order valence-corrected chi connectivity index (χ1v) is 11.7. The number of aromatic nitrogens is 2. The van der Waals surface area contributed by atoms with Crippen molar-refractivity contribution in [3.8, 4) is 11.5 Å². The Morgan fingerprint density at radius 3 is 2.61 bits per heavy atom. The van der Waals surface area contributed by atoms with Gasteiger partial charge in [0.15, 0.2) is 16.7 Å². The van der Waals surface area contributed by atoms with E-state index < -0.39 is 10.0 Å². The quantitative estimate of drug-likeness (QED) is 0.670. The van der Waals surface area contributed by atoms with Crippen molar-refractivity contribution in [3.05, 3.63) is 41.1 Å². The molecule has 1 N–H and O–H groups in total. The number of ether oxygens (including phenoxy) is 1. The van der Waals surface area contributed by atoms with Crippen molar-refractivity contribution in [2.24, 2.45) is 12.0 Å². The smallest absolute Gasteiger partial charge is 0.286 e. The second kappa shape index (κ2) is 8.36. The van der Waals surface area contributed by atoms with Crippen LogP contribution in [0.25, 0.3) is 6.08 Å². The van der Waals surface area contributed by atoms with Crippen LogP contribution in [0.4, 0.5) is 0 Å². The Bertz CT molecular complexity index is 1180. The predicted octanol–water partition coefficient (Wildman–Crippen LogP) is 1.11. The van der Waals surface area contributed by atoms with Gasteiger partial charge in [0.2, 0.25) is 10.0 Å². The number of phenols is 1. The Balaban J connectivity index is 1.42. The van der Waals surface area contributed by atoms with Crippen molar-refractivity contribution in [3.63, 3.8) is 0 Å². The van der Waals surface area contributed by atoms with E-state index in [1.807, 2.05) is 4.90 Å². The molecule has 0 saturated carbocycles. The molecule has 31 heavy (non-hydrogen) atoms. The summed E-state index contributed by atoms with van der Waals surface area (Å²) in [6, 6.07) is 4.81. The topological polar surface area (TPSA) is 117 Å². The van der Waals surface area contributed by atoms with Gasteiger partial charge in [0.25, 0.3) is 5.91 Å². The van der Waals surface area contributed by atoms with Crippen LogP contribution in [0, 0.1) is 0 Å². The van der Waals surface area contributed by atoms with Crippen molar-refractivity contribution in [2.75, 3.05) is 33.3 Å². The van der Waals surface area contributed by atoms with Gasteiger partial charge in [0, 0.05) is 39.4 Å². The van der Waals surface area contributed by atoms with Gasteiger partial charge in [-0.05, 0) is 35.5 Å². The normalized spacial score (nSPS) is 19.2. The maximum absolute atomic E-state index is 12.7. The number of piperazine rings is 1. The van der Waals surface area contributed by atoms with Crippen molar-refractivity contribution >= 4 is 38.9 Å². The molecule has 3 heterocycles. The fourth-order valence-electron chi connectivity index (χ4n) is 3.27. The highest BCUT2D eigenvalue weighted by atomic mass is 32.2. The van der Waals surface area contributed by atoms with Crippen LogP contribution in [0.2, 0.25) is 0 Å². The third kappa shape index (κ3) is 4.31. The van der Waals surface area contributed by atoms with E-state index in [0.29, 0.717) is 47.6 Å². The summed E-state index contributed by atoms with van der Waals surface area (Å²) in [5, 5.41) is 14.2. The molecule has 0 atom stereocenters. The molecule has 0 spiro atoms. The number of sulfonamides is 1. The number of amidine groups is 1. The van der Waals surface area contributed by atoms with Gasteiger partial charge in [-0.3, -0.25) is 9.48 Å². The first-order chi connectivity index (χ1) is 14.8. The average molecular weight is 464 g/mol. The zero-order valence-corrected chi connectivity index (χ0v) is 18.6. The minimum atomic E-state index is -3.59. The number of thioether (sulfide) groups is 1. The van der Waals surface area contributed by atoms with Crippen LogP contribution >= 0.6 is 11.8 Å². The first-order valence-electron chi connectivity index (χ1n) is 9.41. The number of aryl methyl sites for hydroxylation is 1. The van der Waals surface area contributed by atoms with Crippen LogP contribution in [-0.4, -0.2) is 76.9 Å². The molecule has 2 aromatic rings. The molecule has 0 radical (unpaired) electrons. The van der Waals surface area contributed by atoms with Gasteiger partial charge in [0.05, 0.1) is 18.2 Å². The summed E-state index contributed by atoms with van der Waals surface area (Å²) in [5.74, 6) is -0.0135. The zero-order chi connectivity index (χ0) is 22.2. The van der Waals surface area contributed by atoms with E-state index in [9.17, 15) is 18.3 Å². The SMILES string of the molecule is COc1cc(/C=C2\SC(N3CCN(S(=O)(=O)c4cnn(C)c4)CC3)=NC2=O)ccc1O. The minimum Gasteiger partial charge on any atom is -0.504 e. The maximum atomic E-state index is 12.7. The van der Waals surface area contributed by atoms with Crippen LogP contribution < -0.4 is 4.74 Å². The van der Waals surface area contributed by atoms with E-state index in [1.54, 1.807) is 25.3 Å². The molecule has 1 aromatic carbocycles. The highest BCUT2D eigenvalue weighted by Crippen LogP contribution is 2.33. The fraction of sp³-hybridized carbons (Fsp3) is 0.316. The highest BCUT2D eigenvalue weighted by Gasteiger charge is 2.33. The fourth-order valence-corrected chi connectivity index (χ4v) is 5.64. The van der Waals surface area contributed by atoms with Gasteiger partial charge in [-0.15, -0.1) is 0 Å². The van der Waals surface area contributed by atoms with E-state index in [4.69, 9.17) is 4.74 Å². The summed E-state index contributed by atoms with van der Waals surface area (Å²) in [4.78, 5) is 19.0. The third-order valence-corrected chi connectivity index (χ3v) is 7.83. The van der Waals surface area contributed by atoms with Gasteiger partial charge in [-0.25, -0.2) is 8.42 Å². The Labute approximate surface area is 183 Å². The summed E-state index contributed by atoms with van der Waals surface area (Å²) < 4.78 is 33.4. The third-order valence-electron chi connectivity index (χ3n) is 4.94. The Morgan fingerprint density at radius 1 is 1.23 bits per heavy atom. The van der Waals surface area contributed by atoms with E-state index >= 15 is 0 Å². The maximum Gasteiger partial charge on any atom is 0.286 e. The van der Waals surface area contributed by atoms with Crippen molar-refractivity contribution in [1.29, 1.82) is 0 Å². The lowest BCUT2D eigenvalue weighted by molar-refractivity contribution is -0.113. The number of benzene rings is 1. The highest BCUT2D eigenvalue weighted by molar-refractivity contribution is 8.18. The average Bonchev–Trinajstić information content (AvgIpc) is 3.36.